The molecular weight excluding hydrogens is 252 g/mol. The van der Waals surface area contributed by atoms with Crippen molar-refractivity contribution >= 4 is 16.8 Å². The zero-order chi connectivity index (χ0) is 13.4. The van der Waals surface area contributed by atoms with Crippen molar-refractivity contribution in [2.45, 2.75) is 18.6 Å². The second-order valence-corrected chi connectivity index (χ2v) is 5.81. The highest BCUT2D eigenvalue weighted by Crippen LogP contribution is 2.09. The summed E-state index contributed by atoms with van der Waals surface area (Å²) in [5.41, 5.74) is 0. The van der Waals surface area contributed by atoms with Gasteiger partial charge in [0.05, 0.1) is 25.9 Å². The monoisotopic (exact) mass is 270 g/mol. The van der Waals surface area contributed by atoms with Gasteiger partial charge in [0.15, 0.2) is 0 Å². The summed E-state index contributed by atoms with van der Waals surface area (Å²) in [6.45, 7) is 2.15. The molecule has 0 amide bonds. The number of carbonyl (C=O) groups excluding carboxylic acids is 1. The third-order valence-electron chi connectivity index (χ3n) is 2.43. The first-order chi connectivity index (χ1) is 8.63. The minimum absolute atomic E-state index is 0.175. The topological polar surface area (TPSA) is 52.6 Å². The maximum absolute atomic E-state index is 11.8. The fourth-order valence-electron chi connectivity index (χ4n) is 1.37. The number of ether oxygens (including phenoxy) is 2. The van der Waals surface area contributed by atoms with E-state index in [1.54, 1.807) is 6.92 Å². The predicted molar refractivity (Wildman–Crippen MR) is 71.0 cm³/mol. The van der Waals surface area contributed by atoms with E-state index >= 15 is 0 Å². The Morgan fingerprint density at radius 3 is 2.61 bits per heavy atom. The van der Waals surface area contributed by atoms with E-state index in [2.05, 4.69) is 4.74 Å². The molecule has 0 aliphatic heterocycles. The highest BCUT2D eigenvalue weighted by Gasteiger charge is 2.15. The van der Waals surface area contributed by atoms with Gasteiger partial charge in [0.25, 0.3) is 0 Å². The second-order valence-electron chi connectivity index (χ2n) is 3.84. The molecule has 1 rings (SSSR count). The summed E-state index contributed by atoms with van der Waals surface area (Å²) in [6, 6.07) is 9.36. The molecule has 0 aliphatic carbocycles. The maximum atomic E-state index is 11.8. The SMILES string of the molecule is COC(=O)CC(C)S(=O)CCOc1ccccc1. The van der Waals surface area contributed by atoms with Crippen molar-refractivity contribution in [1.82, 2.24) is 0 Å². The molecule has 5 heteroatoms. The van der Waals surface area contributed by atoms with Crippen LogP contribution in [-0.4, -0.2) is 34.9 Å². The van der Waals surface area contributed by atoms with E-state index in [0.717, 1.165) is 5.75 Å². The normalized spacial score (nSPS) is 13.7. The molecule has 0 aliphatic rings. The summed E-state index contributed by atoms with van der Waals surface area (Å²) >= 11 is 0. The van der Waals surface area contributed by atoms with Gasteiger partial charge in [-0.15, -0.1) is 0 Å². The minimum atomic E-state index is -1.09. The van der Waals surface area contributed by atoms with E-state index in [-0.39, 0.29) is 17.6 Å². The molecule has 1 aromatic carbocycles. The van der Waals surface area contributed by atoms with Crippen molar-refractivity contribution in [3.05, 3.63) is 30.3 Å². The first kappa shape index (κ1) is 14.7. The molecule has 0 aromatic heterocycles. The van der Waals surface area contributed by atoms with Crippen LogP contribution in [0.25, 0.3) is 0 Å². The Morgan fingerprint density at radius 2 is 2.00 bits per heavy atom. The van der Waals surface area contributed by atoms with E-state index in [1.807, 2.05) is 30.3 Å². The predicted octanol–water partition coefficient (Wildman–Crippen LogP) is 1.77. The third kappa shape index (κ3) is 5.31. The van der Waals surface area contributed by atoms with Gasteiger partial charge in [-0.1, -0.05) is 25.1 Å². The third-order valence-corrected chi connectivity index (χ3v) is 4.06. The van der Waals surface area contributed by atoms with E-state index in [1.165, 1.54) is 7.11 Å². The highest BCUT2D eigenvalue weighted by atomic mass is 32.2. The molecular formula is C13H18O4S. The van der Waals surface area contributed by atoms with Gasteiger partial charge in [0, 0.05) is 16.0 Å². The van der Waals surface area contributed by atoms with Gasteiger partial charge in [0.2, 0.25) is 0 Å². The van der Waals surface area contributed by atoms with Crippen LogP contribution in [0.5, 0.6) is 5.75 Å². The van der Waals surface area contributed by atoms with Crippen LogP contribution >= 0.6 is 0 Å². The van der Waals surface area contributed by atoms with Crippen molar-refractivity contribution in [2.75, 3.05) is 19.5 Å². The number of methoxy groups -OCH3 is 1. The minimum Gasteiger partial charge on any atom is -0.493 e. The van der Waals surface area contributed by atoms with Gasteiger partial charge in [-0.25, -0.2) is 0 Å². The lowest BCUT2D eigenvalue weighted by Gasteiger charge is -2.10. The number of para-hydroxylation sites is 1. The standard InChI is InChI=1S/C13H18O4S/c1-11(10-13(14)16-2)18(15)9-8-17-12-6-4-3-5-7-12/h3-7,11H,8-10H2,1-2H3. The summed E-state index contributed by atoms with van der Waals surface area (Å²) in [7, 11) is 0.243. The lowest BCUT2D eigenvalue weighted by Crippen LogP contribution is -2.21. The fourth-order valence-corrected chi connectivity index (χ4v) is 2.34. The van der Waals surface area contributed by atoms with Crippen LogP contribution in [0.4, 0.5) is 0 Å². The molecule has 100 valence electrons. The molecule has 18 heavy (non-hydrogen) atoms. The molecule has 4 nitrogen and oxygen atoms in total. The summed E-state index contributed by atoms with van der Waals surface area (Å²) in [5.74, 6) is 0.836. The van der Waals surface area contributed by atoms with Crippen LogP contribution in [0.1, 0.15) is 13.3 Å². The van der Waals surface area contributed by atoms with Gasteiger partial charge in [0.1, 0.15) is 5.75 Å². The largest absolute Gasteiger partial charge is 0.493 e. The lowest BCUT2D eigenvalue weighted by atomic mass is 10.3. The molecule has 0 fully saturated rings. The molecule has 0 saturated heterocycles. The Morgan fingerprint density at radius 1 is 1.33 bits per heavy atom. The molecule has 0 radical (unpaired) electrons. The van der Waals surface area contributed by atoms with Crippen LogP contribution in [0, 0.1) is 0 Å². The van der Waals surface area contributed by atoms with Crippen LogP contribution in [-0.2, 0) is 20.3 Å². The lowest BCUT2D eigenvalue weighted by molar-refractivity contribution is -0.140. The highest BCUT2D eigenvalue weighted by molar-refractivity contribution is 7.85. The molecule has 0 spiro atoms. The van der Waals surface area contributed by atoms with Gasteiger partial charge in [-0.3, -0.25) is 9.00 Å². The quantitative estimate of drug-likeness (QED) is 0.709. The fraction of sp³-hybridized carbons (Fsp3) is 0.462. The Hall–Kier alpha value is -1.36. The average molecular weight is 270 g/mol. The zero-order valence-electron chi connectivity index (χ0n) is 10.6. The summed E-state index contributed by atoms with van der Waals surface area (Å²) in [4.78, 5) is 11.0. The Labute approximate surface area is 110 Å². The van der Waals surface area contributed by atoms with Gasteiger partial charge >= 0.3 is 5.97 Å². The van der Waals surface area contributed by atoms with Crippen LogP contribution < -0.4 is 4.74 Å². The van der Waals surface area contributed by atoms with E-state index < -0.39 is 10.8 Å². The zero-order valence-corrected chi connectivity index (χ0v) is 11.4. The number of carbonyl (C=O) groups is 1. The van der Waals surface area contributed by atoms with Crippen molar-refractivity contribution in [3.8, 4) is 5.75 Å². The van der Waals surface area contributed by atoms with Crippen molar-refractivity contribution < 1.29 is 18.5 Å². The van der Waals surface area contributed by atoms with Crippen LogP contribution in [0.2, 0.25) is 0 Å². The van der Waals surface area contributed by atoms with Gasteiger partial charge < -0.3 is 9.47 Å². The average Bonchev–Trinajstić information content (AvgIpc) is 2.39. The molecule has 0 N–H and O–H groups in total. The van der Waals surface area contributed by atoms with Gasteiger partial charge in [-0.2, -0.15) is 0 Å². The molecule has 0 bridgehead atoms. The van der Waals surface area contributed by atoms with E-state index in [9.17, 15) is 9.00 Å². The molecule has 0 saturated carbocycles. The van der Waals surface area contributed by atoms with Crippen molar-refractivity contribution in [3.63, 3.8) is 0 Å². The smallest absolute Gasteiger partial charge is 0.306 e. The molecule has 2 unspecified atom stereocenters. The molecule has 2 atom stereocenters. The number of hydrogen-bond donors (Lipinski definition) is 0. The Balaban J connectivity index is 2.26. The summed E-state index contributed by atoms with van der Waals surface area (Å²) in [5, 5.41) is -0.211. The summed E-state index contributed by atoms with van der Waals surface area (Å²) < 4.78 is 21.8. The van der Waals surface area contributed by atoms with Crippen LogP contribution in [0.15, 0.2) is 30.3 Å². The first-order valence-corrected chi connectivity index (χ1v) is 7.13. The second kappa shape index (κ2) is 7.87. The van der Waals surface area contributed by atoms with E-state index in [4.69, 9.17) is 4.74 Å². The Kier molecular flexibility index (Phi) is 6.43. The van der Waals surface area contributed by atoms with Crippen molar-refractivity contribution in [1.29, 1.82) is 0 Å². The number of hydrogen-bond acceptors (Lipinski definition) is 4. The van der Waals surface area contributed by atoms with Crippen molar-refractivity contribution in [2.24, 2.45) is 0 Å². The molecule has 0 heterocycles. The first-order valence-electron chi connectivity index (χ1n) is 5.75. The van der Waals surface area contributed by atoms with Crippen LogP contribution in [0.3, 0.4) is 0 Å². The van der Waals surface area contributed by atoms with E-state index in [0.29, 0.717) is 12.4 Å². The number of esters is 1. The number of benzene rings is 1. The Bertz CT molecular complexity index is 391. The summed E-state index contributed by atoms with van der Waals surface area (Å²) in [6.07, 6.45) is 0.175. The molecule has 1 aromatic rings. The number of rotatable bonds is 7. The maximum Gasteiger partial charge on any atom is 0.306 e. The van der Waals surface area contributed by atoms with Gasteiger partial charge in [-0.05, 0) is 12.1 Å².